The number of nitrogens with two attached hydrogens (primary N) is 1. The number of benzene rings is 2. The van der Waals surface area contributed by atoms with E-state index < -0.39 is 35.6 Å². The highest BCUT2D eigenvalue weighted by Crippen LogP contribution is 2.22. The third kappa shape index (κ3) is 3.66. The molecule has 0 atom stereocenters. The number of carbonyl (C=O) groups excluding carboxylic acids is 2. The minimum Gasteiger partial charge on any atom is -0.364 e. The second kappa shape index (κ2) is 8.14. The molecule has 4 aromatic rings. The van der Waals surface area contributed by atoms with Gasteiger partial charge in [-0.15, -0.1) is 0 Å². The summed E-state index contributed by atoms with van der Waals surface area (Å²) >= 11 is 0. The lowest BCUT2D eigenvalue weighted by Crippen LogP contribution is -2.27. The highest BCUT2D eigenvalue weighted by molar-refractivity contribution is 6.03. The predicted molar refractivity (Wildman–Crippen MR) is 112 cm³/mol. The van der Waals surface area contributed by atoms with Crippen LogP contribution >= 0.6 is 0 Å². The molecule has 0 spiro atoms. The number of hydrogen-bond acceptors (Lipinski definition) is 5. The van der Waals surface area contributed by atoms with E-state index in [0.29, 0.717) is 5.56 Å². The summed E-state index contributed by atoms with van der Waals surface area (Å²) in [6.45, 7) is 1.45. The van der Waals surface area contributed by atoms with E-state index in [1.54, 1.807) is 13.0 Å². The van der Waals surface area contributed by atoms with Crippen LogP contribution in [0, 0.1) is 11.6 Å². The molecule has 0 unspecified atom stereocenters. The maximum Gasteiger partial charge on any atom is 0.330 e. The van der Waals surface area contributed by atoms with Crippen LogP contribution in [0.3, 0.4) is 0 Å². The van der Waals surface area contributed by atoms with Gasteiger partial charge in [-0.25, -0.2) is 23.5 Å². The number of hydrogen-bond donors (Lipinski definition) is 1. The number of halogens is 2. The lowest BCUT2D eigenvalue weighted by atomic mass is 10.1. The van der Waals surface area contributed by atoms with E-state index in [4.69, 9.17) is 5.73 Å². The Morgan fingerprint density at radius 2 is 1.72 bits per heavy atom. The number of amides is 1. The second-order valence-electron chi connectivity index (χ2n) is 6.99. The highest BCUT2D eigenvalue weighted by Gasteiger charge is 2.24. The maximum atomic E-state index is 13.7. The highest BCUT2D eigenvalue weighted by atomic mass is 19.1. The van der Waals surface area contributed by atoms with E-state index in [1.165, 1.54) is 34.9 Å². The SMILES string of the molecule is CCn1c(=O)n(CC(=O)c2ccc(F)cc2)c2c(C(N)=O)nc(-c3cccc(F)c3)nc21. The summed E-state index contributed by atoms with van der Waals surface area (Å²) in [4.78, 5) is 46.5. The van der Waals surface area contributed by atoms with E-state index in [-0.39, 0.29) is 34.8 Å². The monoisotopic (exact) mass is 437 g/mol. The van der Waals surface area contributed by atoms with E-state index >= 15 is 0 Å². The molecule has 2 aromatic heterocycles. The van der Waals surface area contributed by atoms with Gasteiger partial charge in [0.25, 0.3) is 5.91 Å². The number of Topliss-reactive ketones (excluding diaryl/α,β-unsaturated/α-hetero) is 1. The van der Waals surface area contributed by atoms with Crippen LogP contribution in [0.25, 0.3) is 22.6 Å². The van der Waals surface area contributed by atoms with Gasteiger partial charge in [0.05, 0.1) is 6.54 Å². The number of ketones is 1. The van der Waals surface area contributed by atoms with Gasteiger partial charge in [0.15, 0.2) is 22.9 Å². The van der Waals surface area contributed by atoms with E-state index in [0.717, 1.165) is 16.7 Å². The number of carbonyl (C=O) groups is 2. The van der Waals surface area contributed by atoms with Crippen LogP contribution in [0.1, 0.15) is 27.8 Å². The molecule has 4 rings (SSSR count). The summed E-state index contributed by atoms with van der Waals surface area (Å²) < 4.78 is 29.2. The summed E-state index contributed by atoms with van der Waals surface area (Å²) in [5.41, 5.74) is 5.24. The molecule has 0 aliphatic rings. The molecule has 8 nitrogen and oxygen atoms in total. The van der Waals surface area contributed by atoms with Crippen molar-refractivity contribution in [3.8, 4) is 11.4 Å². The number of aromatic nitrogens is 4. The van der Waals surface area contributed by atoms with Gasteiger partial charge in [0.1, 0.15) is 17.2 Å². The molecule has 32 heavy (non-hydrogen) atoms. The molecule has 0 saturated carbocycles. The summed E-state index contributed by atoms with van der Waals surface area (Å²) in [7, 11) is 0. The third-order valence-corrected chi connectivity index (χ3v) is 4.95. The summed E-state index contributed by atoms with van der Waals surface area (Å²) in [6, 6.07) is 10.3. The average Bonchev–Trinajstić information content (AvgIpc) is 3.04. The lowest BCUT2D eigenvalue weighted by molar-refractivity contribution is 0.0966. The zero-order valence-electron chi connectivity index (χ0n) is 16.9. The van der Waals surface area contributed by atoms with Crippen LogP contribution in [-0.4, -0.2) is 30.8 Å². The molecule has 0 radical (unpaired) electrons. The van der Waals surface area contributed by atoms with Crippen molar-refractivity contribution >= 4 is 22.9 Å². The standard InChI is InChI=1S/C22H17F2N5O3/c1-2-28-21-18(29(22(28)32)11-16(30)12-6-8-14(23)9-7-12)17(19(25)31)26-20(27-21)13-4-3-5-15(24)10-13/h3-10H,2,11H2,1H3,(H2,25,31). The van der Waals surface area contributed by atoms with E-state index in [1.807, 2.05) is 0 Å². The Morgan fingerprint density at radius 1 is 1.00 bits per heavy atom. The zero-order chi connectivity index (χ0) is 23.0. The largest absolute Gasteiger partial charge is 0.364 e. The van der Waals surface area contributed by atoms with Crippen molar-refractivity contribution in [2.45, 2.75) is 20.0 Å². The van der Waals surface area contributed by atoms with Crippen LogP contribution in [0.2, 0.25) is 0 Å². The molecule has 162 valence electrons. The first-order valence-electron chi connectivity index (χ1n) is 9.65. The number of fused-ring (bicyclic) bond motifs is 1. The predicted octanol–water partition coefficient (Wildman–Crippen LogP) is 2.54. The normalized spacial score (nSPS) is 11.1. The smallest absolute Gasteiger partial charge is 0.330 e. The first kappa shape index (κ1) is 21.0. The van der Waals surface area contributed by atoms with Gasteiger partial charge in [-0.1, -0.05) is 12.1 Å². The summed E-state index contributed by atoms with van der Waals surface area (Å²) in [5.74, 6) is -2.44. The van der Waals surface area contributed by atoms with Gasteiger partial charge >= 0.3 is 5.69 Å². The molecule has 0 saturated heterocycles. The van der Waals surface area contributed by atoms with Crippen molar-refractivity contribution in [3.05, 3.63) is 81.9 Å². The molecule has 1 amide bonds. The van der Waals surface area contributed by atoms with Crippen molar-refractivity contribution in [2.24, 2.45) is 5.73 Å². The quantitative estimate of drug-likeness (QED) is 0.466. The Labute approximate surface area is 179 Å². The van der Waals surface area contributed by atoms with Crippen molar-refractivity contribution in [3.63, 3.8) is 0 Å². The third-order valence-electron chi connectivity index (χ3n) is 4.95. The van der Waals surface area contributed by atoms with Crippen molar-refractivity contribution in [1.82, 2.24) is 19.1 Å². The van der Waals surface area contributed by atoms with Gasteiger partial charge in [-0.05, 0) is 43.3 Å². The van der Waals surface area contributed by atoms with Crippen LogP contribution in [0.4, 0.5) is 8.78 Å². The van der Waals surface area contributed by atoms with Gasteiger partial charge < -0.3 is 5.73 Å². The molecule has 2 N–H and O–H groups in total. The first-order chi connectivity index (χ1) is 15.3. The fraction of sp³-hybridized carbons (Fsp3) is 0.136. The Kier molecular flexibility index (Phi) is 5.35. The summed E-state index contributed by atoms with van der Waals surface area (Å²) in [6.07, 6.45) is 0. The average molecular weight is 437 g/mol. The molecular weight excluding hydrogens is 420 g/mol. The number of rotatable bonds is 6. The Balaban J connectivity index is 1.93. The second-order valence-corrected chi connectivity index (χ2v) is 6.99. The van der Waals surface area contributed by atoms with Gasteiger partial charge in [-0.2, -0.15) is 0 Å². The Bertz CT molecular complexity index is 1420. The topological polar surface area (TPSA) is 113 Å². The van der Waals surface area contributed by atoms with Crippen molar-refractivity contribution < 1.29 is 18.4 Å². The number of primary amides is 1. The van der Waals surface area contributed by atoms with Crippen molar-refractivity contribution in [1.29, 1.82) is 0 Å². The van der Waals surface area contributed by atoms with Crippen LogP contribution in [0.15, 0.2) is 53.3 Å². The molecule has 0 aliphatic carbocycles. The Hall–Kier alpha value is -4.21. The van der Waals surface area contributed by atoms with Gasteiger partial charge in [0.2, 0.25) is 0 Å². The van der Waals surface area contributed by atoms with Gasteiger partial charge in [0, 0.05) is 17.7 Å². The fourth-order valence-corrected chi connectivity index (χ4v) is 3.44. The number of nitrogens with zero attached hydrogens (tertiary/aromatic N) is 4. The fourth-order valence-electron chi connectivity index (χ4n) is 3.44. The van der Waals surface area contributed by atoms with Crippen LogP contribution < -0.4 is 11.4 Å². The minimum absolute atomic E-state index is 0.0000326. The Morgan fingerprint density at radius 3 is 2.34 bits per heavy atom. The van der Waals surface area contributed by atoms with Gasteiger partial charge in [-0.3, -0.25) is 18.7 Å². The maximum absolute atomic E-state index is 13.7. The van der Waals surface area contributed by atoms with E-state index in [9.17, 15) is 23.2 Å². The molecule has 0 fully saturated rings. The molecule has 0 bridgehead atoms. The van der Waals surface area contributed by atoms with E-state index in [2.05, 4.69) is 9.97 Å². The molecule has 2 heterocycles. The van der Waals surface area contributed by atoms with Crippen molar-refractivity contribution in [2.75, 3.05) is 0 Å². The van der Waals surface area contributed by atoms with Crippen LogP contribution in [0.5, 0.6) is 0 Å². The minimum atomic E-state index is -0.939. The molecule has 0 aliphatic heterocycles. The first-order valence-corrected chi connectivity index (χ1v) is 9.65. The molecule has 10 heteroatoms. The molecule has 2 aromatic carbocycles. The zero-order valence-corrected chi connectivity index (χ0v) is 16.9. The summed E-state index contributed by atoms with van der Waals surface area (Å²) in [5, 5.41) is 0. The number of aryl methyl sites for hydroxylation is 1. The number of imidazole rings is 1. The van der Waals surface area contributed by atoms with Crippen LogP contribution in [-0.2, 0) is 13.1 Å². The molecular formula is C22H17F2N5O3. The lowest BCUT2D eigenvalue weighted by Gasteiger charge is -2.08.